The topological polar surface area (TPSA) is 35.5 Å². The van der Waals surface area contributed by atoms with Gasteiger partial charge in [0.1, 0.15) is 0 Å². The molecule has 24 heavy (non-hydrogen) atoms. The largest absolute Gasteiger partial charge is 0.416 e. The van der Waals surface area contributed by atoms with Crippen LogP contribution in [0.15, 0.2) is 48.5 Å². The van der Waals surface area contributed by atoms with E-state index in [1.54, 1.807) is 0 Å². The first-order chi connectivity index (χ1) is 11.5. The van der Waals surface area contributed by atoms with Gasteiger partial charge in [0, 0.05) is 30.5 Å². The summed E-state index contributed by atoms with van der Waals surface area (Å²) in [6.07, 6.45) is -3.50. The minimum Gasteiger partial charge on any atom is -0.395 e. The minimum absolute atomic E-state index is 0.0540. The zero-order valence-electron chi connectivity index (χ0n) is 13.1. The third-order valence-corrected chi connectivity index (χ3v) is 4.20. The Morgan fingerprint density at radius 3 is 2.46 bits per heavy atom. The lowest BCUT2D eigenvalue weighted by Gasteiger charge is -2.36. The molecule has 0 aliphatic carbocycles. The number of halogens is 3. The van der Waals surface area contributed by atoms with Crippen LogP contribution in [0.1, 0.15) is 11.1 Å². The highest BCUT2D eigenvalue weighted by Gasteiger charge is 2.31. The maximum absolute atomic E-state index is 12.8. The maximum Gasteiger partial charge on any atom is 0.416 e. The minimum atomic E-state index is -4.33. The number of hydrogen-bond acceptors (Lipinski definition) is 3. The zero-order chi connectivity index (χ0) is 17.2. The van der Waals surface area contributed by atoms with Crippen molar-refractivity contribution in [3.63, 3.8) is 0 Å². The highest BCUT2D eigenvalue weighted by Crippen LogP contribution is 2.35. The molecule has 2 N–H and O–H groups in total. The number of hydrogen-bond donors (Lipinski definition) is 2. The molecule has 0 spiro atoms. The quantitative estimate of drug-likeness (QED) is 0.899. The van der Waals surface area contributed by atoms with E-state index >= 15 is 0 Å². The first kappa shape index (κ1) is 16.8. The van der Waals surface area contributed by atoms with Crippen molar-refractivity contribution in [1.82, 2.24) is 5.32 Å². The molecule has 0 unspecified atom stereocenters. The smallest absolute Gasteiger partial charge is 0.395 e. The lowest BCUT2D eigenvalue weighted by Crippen LogP contribution is -2.45. The van der Waals surface area contributed by atoms with Crippen molar-refractivity contribution in [2.24, 2.45) is 0 Å². The molecule has 0 saturated heterocycles. The third kappa shape index (κ3) is 3.55. The molecule has 0 saturated carbocycles. The fraction of sp³-hybridized carbons (Fsp3) is 0.333. The second-order valence-corrected chi connectivity index (χ2v) is 5.86. The highest BCUT2D eigenvalue weighted by atomic mass is 19.4. The van der Waals surface area contributed by atoms with E-state index < -0.39 is 11.7 Å². The van der Waals surface area contributed by atoms with Crippen LogP contribution in [0.2, 0.25) is 0 Å². The number of anilines is 2. The summed E-state index contributed by atoms with van der Waals surface area (Å²) in [6.45, 7) is 1.19. The van der Waals surface area contributed by atoms with Gasteiger partial charge >= 0.3 is 6.18 Å². The molecule has 1 aliphatic heterocycles. The van der Waals surface area contributed by atoms with Crippen molar-refractivity contribution in [3.05, 3.63) is 59.7 Å². The molecule has 3 rings (SSSR count). The van der Waals surface area contributed by atoms with Crippen LogP contribution in [-0.2, 0) is 12.6 Å². The van der Waals surface area contributed by atoms with E-state index in [0.29, 0.717) is 13.1 Å². The average molecular weight is 336 g/mol. The van der Waals surface area contributed by atoms with Crippen molar-refractivity contribution in [2.45, 2.75) is 18.6 Å². The van der Waals surface area contributed by atoms with E-state index in [-0.39, 0.29) is 12.6 Å². The van der Waals surface area contributed by atoms with Crippen LogP contribution in [0, 0.1) is 0 Å². The van der Waals surface area contributed by atoms with Crippen LogP contribution in [0.3, 0.4) is 0 Å². The van der Waals surface area contributed by atoms with Gasteiger partial charge in [0.25, 0.3) is 0 Å². The number of benzene rings is 2. The monoisotopic (exact) mass is 336 g/mol. The Balaban J connectivity index is 1.90. The molecule has 2 aromatic carbocycles. The predicted molar refractivity (Wildman–Crippen MR) is 87.5 cm³/mol. The van der Waals surface area contributed by atoms with E-state index in [9.17, 15) is 13.2 Å². The molecule has 1 aliphatic rings. The Kier molecular flexibility index (Phi) is 4.78. The first-order valence-electron chi connectivity index (χ1n) is 7.86. The summed E-state index contributed by atoms with van der Waals surface area (Å²) >= 11 is 0. The number of fused-ring (bicyclic) bond motifs is 1. The molecular weight excluding hydrogens is 317 g/mol. The van der Waals surface area contributed by atoms with E-state index in [0.717, 1.165) is 35.5 Å². The van der Waals surface area contributed by atoms with Gasteiger partial charge < -0.3 is 15.3 Å². The van der Waals surface area contributed by atoms with Crippen molar-refractivity contribution >= 4 is 11.4 Å². The van der Waals surface area contributed by atoms with Gasteiger partial charge in [-0.25, -0.2) is 0 Å². The molecule has 0 fully saturated rings. The van der Waals surface area contributed by atoms with E-state index in [4.69, 9.17) is 5.11 Å². The third-order valence-electron chi connectivity index (χ3n) is 4.20. The van der Waals surface area contributed by atoms with Crippen LogP contribution in [0.4, 0.5) is 24.5 Å². The Bertz CT molecular complexity index is 685. The fourth-order valence-corrected chi connectivity index (χ4v) is 3.08. The molecule has 128 valence electrons. The van der Waals surface area contributed by atoms with Crippen LogP contribution in [0.25, 0.3) is 0 Å². The summed E-state index contributed by atoms with van der Waals surface area (Å²) in [7, 11) is 0. The fourth-order valence-electron chi connectivity index (χ4n) is 3.08. The van der Waals surface area contributed by atoms with Crippen molar-refractivity contribution < 1.29 is 18.3 Å². The first-order valence-corrected chi connectivity index (χ1v) is 7.86. The Hall–Kier alpha value is -2.05. The van der Waals surface area contributed by atoms with Gasteiger partial charge in [-0.1, -0.05) is 18.2 Å². The van der Waals surface area contributed by atoms with Crippen molar-refractivity contribution in [2.75, 3.05) is 24.6 Å². The summed E-state index contributed by atoms with van der Waals surface area (Å²) in [5, 5.41) is 12.3. The highest BCUT2D eigenvalue weighted by molar-refractivity contribution is 5.68. The van der Waals surface area contributed by atoms with Gasteiger partial charge in [-0.2, -0.15) is 13.2 Å². The number of aliphatic hydroxyl groups excluding tert-OH is 1. The van der Waals surface area contributed by atoms with Gasteiger partial charge in [-0.05, 0) is 42.3 Å². The number of rotatable bonds is 4. The normalized spacial score (nSPS) is 17.7. The molecule has 0 aromatic heterocycles. The predicted octanol–water partition coefficient (Wildman–Crippen LogP) is 3.35. The zero-order valence-corrected chi connectivity index (χ0v) is 13.1. The van der Waals surface area contributed by atoms with Gasteiger partial charge in [0.2, 0.25) is 0 Å². The standard InChI is InChI=1S/C18H19F3N2O/c19-18(20,21)14-5-7-16(8-6-14)23-12-15(22-9-10-24)11-13-3-1-2-4-17(13)23/h1-8,15,22,24H,9-12H2/t15-/m0/s1. The van der Waals surface area contributed by atoms with Gasteiger partial charge in [-0.15, -0.1) is 0 Å². The Labute approximate surface area is 138 Å². The molecule has 0 radical (unpaired) electrons. The van der Waals surface area contributed by atoms with Crippen LogP contribution < -0.4 is 10.2 Å². The van der Waals surface area contributed by atoms with E-state index in [1.165, 1.54) is 12.1 Å². The number of nitrogens with one attached hydrogen (secondary N) is 1. The molecule has 0 bridgehead atoms. The molecule has 2 aromatic rings. The summed E-state index contributed by atoms with van der Waals surface area (Å²) in [4.78, 5) is 2.02. The van der Waals surface area contributed by atoms with Crippen LogP contribution in [-0.4, -0.2) is 30.8 Å². The summed E-state index contributed by atoms with van der Waals surface area (Å²) in [5.74, 6) is 0. The molecule has 3 nitrogen and oxygen atoms in total. The molecule has 0 amide bonds. The van der Waals surface area contributed by atoms with Gasteiger partial charge in [0.05, 0.1) is 12.2 Å². The summed E-state index contributed by atoms with van der Waals surface area (Å²) in [6, 6.07) is 13.3. The van der Waals surface area contributed by atoms with E-state index in [1.807, 2.05) is 29.2 Å². The molecular formula is C18H19F3N2O. The lowest BCUT2D eigenvalue weighted by atomic mass is 9.97. The average Bonchev–Trinajstić information content (AvgIpc) is 2.58. The molecule has 1 heterocycles. The van der Waals surface area contributed by atoms with Crippen molar-refractivity contribution in [3.8, 4) is 0 Å². The lowest BCUT2D eigenvalue weighted by molar-refractivity contribution is -0.137. The van der Waals surface area contributed by atoms with Gasteiger partial charge in [-0.3, -0.25) is 0 Å². The number of aliphatic hydroxyl groups is 1. The second-order valence-electron chi connectivity index (χ2n) is 5.86. The number of nitrogens with zero attached hydrogens (tertiary/aromatic N) is 1. The Morgan fingerprint density at radius 1 is 1.08 bits per heavy atom. The van der Waals surface area contributed by atoms with Crippen molar-refractivity contribution in [1.29, 1.82) is 0 Å². The summed E-state index contributed by atoms with van der Waals surface area (Å²) in [5.41, 5.74) is 2.23. The Morgan fingerprint density at radius 2 is 1.79 bits per heavy atom. The molecule has 1 atom stereocenters. The number of para-hydroxylation sites is 1. The van der Waals surface area contributed by atoms with Crippen LogP contribution >= 0.6 is 0 Å². The number of alkyl halides is 3. The SMILES string of the molecule is OCCN[C@H]1Cc2ccccc2N(c2ccc(C(F)(F)F)cc2)C1. The maximum atomic E-state index is 12.8. The van der Waals surface area contributed by atoms with Gasteiger partial charge in [0.15, 0.2) is 0 Å². The van der Waals surface area contributed by atoms with E-state index in [2.05, 4.69) is 5.32 Å². The molecule has 6 heteroatoms. The second kappa shape index (κ2) is 6.83. The summed E-state index contributed by atoms with van der Waals surface area (Å²) < 4.78 is 38.3. The van der Waals surface area contributed by atoms with Crippen LogP contribution in [0.5, 0.6) is 0 Å².